The van der Waals surface area contributed by atoms with Crippen molar-refractivity contribution in [1.29, 1.82) is 0 Å². The van der Waals surface area contributed by atoms with Gasteiger partial charge in [-0.2, -0.15) is 13.2 Å². The molecule has 40 heavy (non-hydrogen) atoms. The van der Waals surface area contributed by atoms with Crippen LogP contribution in [-0.2, 0) is 4.79 Å². The van der Waals surface area contributed by atoms with Gasteiger partial charge in [0.05, 0.1) is 28.3 Å². The fourth-order valence-corrected chi connectivity index (χ4v) is 3.81. The number of halogens is 3. The zero-order valence-corrected chi connectivity index (χ0v) is 21.2. The number of nitrogens with one attached hydrogen (secondary N) is 1. The van der Waals surface area contributed by atoms with Crippen LogP contribution in [0.15, 0.2) is 82.3 Å². The number of para-hydroxylation sites is 1. The number of aliphatic carboxylic acids is 1. The van der Waals surface area contributed by atoms with Gasteiger partial charge in [-0.05, 0) is 49.7 Å². The molecule has 4 aromatic rings. The molecule has 1 unspecified atom stereocenters. The Morgan fingerprint density at radius 3 is 2.30 bits per heavy atom. The highest BCUT2D eigenvalue weighted by Crippen LogP contribution is 2.31. The zero-order valence-electron chi connectivity index (χ0n) is 21.2. The number of hydrogen-bond acceptors (Lipinski definition) is 7. The van der Waals surface area contributed by atoms with Gasteiger partial charge < -0.3 is 25.7 Å². The molecule has 0 aliphatic rings. The van der Waals surface area contributed by atoms with Crippen molar-refractivity contribution < 1.29 is 37.4 Å². The molecule has 9 nitrogen and oxygen atoms in total. The van der Waals surface area contributed by atoms with Crippen LogP contribution in [0.3, 0.4) is 0 Å². The molecule has 0 fully saturated rings. The fourth-order valence-electron chi connectivity index (χ4n) is 3.81. The zero-order chi connectivity index (χ0) is 29.6. The Morgan fingerprint density at radius 2 is 1.73 bits per heavy atom. The van der Waals surface area contributed by atoms with Gasteiger partial charge in [-0.1, -0.05) is 24.3 Å². The molecule has 12 heteroatoms. The van der Waals surface area contributed by atoms with Crippen LogP contribution in [0, 0.1) is 6.92 Å². The Balaban J connectivity index is 0.000000559. The highest BCUT2D eigenvalue weighted by molar-refractivity contribution is 5.94. The van der Waals surface area contributed by atoms with Gasteiger partial charge in [0.25, 0.3) is 0 Å². The summed E-state index contributed by atoms with van der Waals surface area (Å²) in [6.45, 7) is 3.78. The Bertz CT molecular complexity index is 1630. The number of anilines is 1. The molecular formula is C28H24F3N3O6. The molecule has 0 aliphatic carbocycles. The number of carboxylic acid groups (broad SMARTS) is 2. The smallest absolute Gasteiger partial charge is 0.478 e. The van der Waals surface area contributed by atoms with E-state index in [0.717, 1.165) is 11.1 Å². The Kier molecular flexibility index (Phi) is 8.94. The lowest BCUT2D eigenvalue weighted by atomic mass is 10.00. The van der Waals surface area contributed by atoms with Crippen molar-refractivity contribution in [2.75, 3.05) is 5.32 Å². The van der Waals surface area contributed by atoms with Gasteiger partial charge in [-0.25, -0.2) is 9.59 Å². The molecule has 0 spiro atoms. The van der Waals surface area contributed by atoms with E-state index < -0.39 is 18.1 Å². The molecule has 2 heterocycles. The molecule has 1 atom stereocenters. The SMILES string of the molecule is Cc1cc(C(C)Nc2ccccc2C(=O)O)c2oc(/C(=C/N)c3ccccn3)cc(=O)c2c1.O=C(O)C(F)(F)F. The molecule has 5 N–H and O–H groups in total. The Morgan fingerprint density at radius 1 is 1.07 bits per heavy atom. The molecule has 0 aliphatic heterocycles. The molecular weight excluding hydrogens is 531 g/mol. The van der Waals surface area contributed by atoms with Gasteiger partial charge in [0, 0.05) is 29.7 Å². The van der Waals surface area contributed by atoms with E-state index in [1.165, 1.54) is 18.3 Å². The summed E-state index contributed by atoms with van der Waals surface area (Å²) in [4.78, 5) is 37.9. The number of aromatic carboxylic acids is 1. The van der Waals surface area contributed by atoms with Gasteiger partial charge in [-0.3, -0.25) is 9.78 Å². The monoisotopic (exact) mass is 555 g/mol. The number of fused-ring (bicyclic) bond motifs is 1. The first-order valence-corrected chi connectivity index (χ1v) is 11.6. The molecule has 0 saturated heterocycles. The highest BCUT2D eigenvalue weighted by atomic mass is 19.4. The van der Waals surface area contributed by atoms with Gasteiger partial charge in [0.1, 0.15) is 11.3 Å². The second-order valence-corrected chi connectivity index (χ2v) is 8.52. The van der Waals surface area contributed by atoms with Gasteiger partial charge in [-0.15, -0.1) is 0 Å². The minimum absolute atomic E-state index is 0.159. The average molecular weight is 556 g/mol. The second kappa shape index (κ2) is 12.2. The lowest BCUT2D eigenvalue weighted by Crippen LogP contribution is -2.21. The summed E-state index contributed by atoms with van der Waals surface area (Å²) in [6, 6.07) is 16.8. The van der Waals surface area contributed by atoms with Crippen molar-refractivity contribution >= 4 is 34.2 Å². The molecule has 2 aromatic carbocycles. The number of carbonyl (C=O) groups is 2. The van der Waals surface area contributed by atoms with Crippen LogP contribution in [-0.4, -0.2) is 33.3 Å². The molecule has 0 amide bonds. The summed E-state index contributed by atoms with van der Waals surface area (Å²) in [5, 5.41) is 20.3. The van der Waals surface area contributed by atoms with Gasteiger partial charge >= 0.3 is 18.1 Å². The molecule has 4 rings (SSSR count). The lowest BCUT2D eigenvalue weighted by Gasteiger charge is -2.19. The van der Waals surface area contributed by atoms with Crippen molar-refractivity contribution in [3.8, 4) is 0 Å². The van der Waals surface area contributed by atoms with Crippen LogP contribution in [0.1, 0.15) is 45.9 Å². The van der Waals surface area contributed by atoms with E-state index in [2.05, 4.69) is 10.3 Å². The van der Waals surface area contributed by atoms with Crippen molar-refractivity contribution in [1.82, 2.24) is 4.98 Å². The fraction of sp³-hybridized carbons (Fsp3) is 0.143. The summed E-state index contributed by atoms with van der Waals surface area (Å²) < 4.78 is 38.0. The number of rotatable bonds is 6. The Labute approximate surface area is 225 Å². The van der Waals surface area contributed by atoms with Gasteiger partial charge in [0.15, 0.2) is 5.43 Å². The molecule has 2 aromatic heterocycles. The summed E-state index contributed by atoms with van der Waals surface area (Å²) in [5.41, 5.74) is 9.39. The molecule has 0 saturated carbocycles. The molecule has 208 valence electrons. The first kappa shape index (κ1) is 29.4. The normalized spacial score (nSPS) is 12.3. The maximum Gasteiger partial charge on any atom is 0.490 e. The van der Waals surface area contributed by atoms with E-state index in [1.807, 2.05) is 26.0 Å². The maximum atomic E-state index is 13.0. The summed E-state index contributed by atoms with van der Waals surface area (Å²) >= 11 is 0. The average Bonchev–Trinajstić information content (AvgIpc) is 2.90. The number of benzene rings is 2. The van der Waals surface area contributed by atoms with E-state index in [0.29, 0.717) is 33.7 Å². The largest absolute Gasteiger partial charge is 0.490 e. The minimum atomic E-state index is -5.08. The van der Waals surface area contributed by atoms with Crippen molar-refractivity contribution in [2.24, 2.45) is 5.73 Å². The third-order valence-corrected chi connectivity index (χ3v) is 5.61. The summed E-state index contributed by atoms with van der Waals surface area (Å²) in [6.07, 6.45) is -2.08. The van der Waals surface area contributed by atoms with Crippen LogP contribution in [0.5, 0.6) is 0 Å². The minimum Gasteiger partial charge on any atom is -0.478 e. The number of nitrogens with zero attached hydrogens (tertiary/aromatic N) is 1. The number of carboxylic acids is 2. The first-order chi connectivity index (χ1) is 18.8. The molecule has 0 bridgehead atoms. The third-order valence-electron chi connectivity index (χ3n) is 5.61. The van der Waals surface area contributed by atoms with Crippen LogP contribution in [0.2, 0.25) is 0 Å². The summed E-state index contributed by atoms with van der Waals surface area (Å²) in [5.74, 6) is -3.48. The van der Waals surface area contributed by atoms with E-state index in [1.54, 1.807) is 42.6 Å². The second-order valence-electron chi connectivity index (χ2n) is 8.52. The number of nitrogens with two attached hydrogens (primary N) is 1. The van der Waals surface area contributed by atoms with E-state index in [4.69, 9.17) is 20.1 Å². The van der Waals surface area contributed by atoms with Crippen molar-refractivity contribution in [2.45, 2.75) is 26.1 Å². The topological polar surface area (TPSA) is 156 Å². The third kappa shape index (κ3) is 6.84. The number of aryl methyl sites for hydroxylation is 1. The first-order valence-electron chi connectivity index (χ1n) is 11.6. The van der Waals surface area contributed by atoms with Crippen LogP contribution in [0.25, 0.3) is 16.5 Å². The predicted octanol–water partition coefficient (Wildman–Crippen LogP) is 5.35. The standard InChI is InChI=1S/C26H23N3O4.C2HF3O2/c1-15-11-18(16(2)29-22-9-4-3-7-17(22)26(31)32)25-19(12-15)23(30)13-24(33-25)20(14-27)21-8-5-6-10-28-21;3-2(4,5)1(6)7/h3-14,16,29H,27H2,1-2H3,(H,31,32);(H,6,7)/b20-14+;. The number of pyridine rings is 1. The number of hydrogen-bond donors (Lipinski definition) is 4. The van der Waals surface area contributed by atoms with Crippen LogP contribution in [0.4, 0.5) is 18.9 Å². The van der Waals surface area contributed by atoms with Gasteiger partial charge in [0.2, 0.25) is 0 Å². The van der Waals surface area contributed by atoms with Crippen molar-refractivity contribution in [3.05, 3.63) is 111 Å². The number of alkyl halides is 3. The molecule has 0 radical (unpaired) electrons. The van der Waals surface area contributed by atoms with Crippen LogP contribution >= 0.6 is 0 Å². The van der Waals surface area contributed by atoms with Crippen molar-refractivity contribution in [3.63, 3.8) is 0 Å². The van der Waals surface area contributed by atoms with E-state index in [9.17, 15) is 27.9 Å². The summed E-state index contributed by atoms with van der Waals surface area (Å²) in [7, 11) is 0. The number of aromatic nitrogens is 1. The lowest BCUT2D eigenvalue weighted by molar-refractivity contribution is -0.192. The van der Waals surface area contributed by atoms with E-state index in [-0.39, 0.29) is 17.0 Å². The predicted molar refractivity (Wildman–Crippen MR) is 142 cm³/mol. The highest BCUT2D eigenvalue weighted by Gasteiger charge is 2.38. The van der Waals surface area contributed by atoms with Crippen LogP contribution < -0.4 is 16.5 Å². The quantitative estimate of drug-likeness (QED) is 0.246. The Hall–Kier alpha value is -5.13. The maximum absolute atomic E-state index is 13.0. The van der Waals surface area contributed by atoms with E-state index >= 15 is 0 Å².